The van der Waals surface area contributed by atoms with Crippen LogP contribution in [0.3, 0.4) is 0 Å². The summed E-state index contributed by atoms with van der Waals surface area (Å²) in [5.74, 6) is 0.464. The molecule has 33 heavy (non-hydrogen) atoms. The summed E-state index contributed by atoms with van der Waals surface area (Å²) in [4.78, 5) is 18.5. The Bertz CT molecular complexity index is 1210. The molecule has 3 N–H and O–H groups in total. The third-order valence-corrected chi connectivity index (χ3v) is 5.88. The van der Waals surface area contributed by atoms with Crippen LogP contribution in [0, 0.1) is 5.92 Å². The maximum absolute atomic E-state index is 12.5. The lowest BCUT2D eigenvalue weighted by Crippen LogP contribution is -2.28. The lowest BCUT2D eigenvalue weighted by atomic mass is 9.88. The number of carbonyl (C=O) groups is 1. The van der Waals surface area contributed by atoms with Crippen molar-refractivity contribution < 1.29 is 18.9 Å². The van der Waals surface area contributed by atoms with E-state index in [4.69, 9.17) is 17.3 Å². The number of carbonyl (C=O) groups excluding carboxylic acids is 1. The average molecular weight is 469 g/mol. The largest absolute Gasteiger partial charge is 0.548 e. The van der Waals surface area contributed by atoms with Crippen LogP contribution in [0.2, 0.25) is 0 Å². The maximum atomic E-state index is 12.5. The number of H-pyrrole nitrogens is 1. The standard InChI is InChI=1S/C22H28BN5O4S/c1-11(2)13-9-16(32-10-13)18(12(3)4)25-21-20(26-33(31)27-21)24-15-8-7-14(23)17(19(15)29)22(30)28(5)6/h7-12,18,29H,1-6H3,(H,24,26)(H,25,27)/t18-,33?/m1/s1. The molecule has 0 bridgehead atoms. The van der Waals surface area contributed by atoms with Gasteiger partial charge in [-0.3, -0.25) is 4.79 Å². The Morgan fingerprint density at radius 1 is 1.33 bits per heavy atom. The van der Waals surface area contributed by atoms with Crippen LogP contribution < -0.4 is 16.3 Å². The van der Waals surface area contributed by atoms with Crippen molar-refractivity contribution in [2.45, 2.75) is 39.7 Å². The average Bonchev–Trinajstić information content (AvgIpc) is 3.34. The number of aromatic amines is 1. The van der Waals surface area contributed by atoms with Gasteiger partial charge in [-0.2, -0.15) is 0 Å². The van der Waals surface area contributed by atoms with E-state index in [1.807, 2.05) is 19.9 Å². The number of nitrogens with zero attached hydrogens (tertiary/aromatic N) is 3. The smallest absolute Gasteiger partial charge is 0.256 e. The first-order valence-electron chi connectivity index (χ1n) is 10.5. The Kier molecular flexibility index (Phi) is 7.33. The maximum Gasteiger partial charge on any atom is 0.256 e. The SMILES string of the molecule is [B]c1ccc(Nc2n[s+]([O-])[nH]c2=N[C@@H](c2cc(C(C)C)co2)C(C)C)c(O)c1C(=O)N(C)C. The number of nitrogens with one attached hydrogen (secondary N) is 2. The predicted molar refractivity (Wildman–Crippen MR) is 128 cm³/mol. The third kappa shape index (κ3) is 5.31. The molecule has 174 valence electrons. The van der Waals surface area contributed by atoms with Crippen molar-refractivity contribution in [1.29, 1.82) is 0 Å². The first-order chi connectivity index (χ1) is 15.5. The molecule has 2 heterocycles. The van der Waals surface area contributed by atoms with E-state index < -0.39 is 17.0 Å². The van der Waals surface area contributed by atoms with Gasteiger partial charge in [0.2, 0.25) is 11.3 Å². The first kappa shape index (κ1) is 24.6. The molecule has 2 aromatic heterocycles. The van der Waals surface area contributed by atoms with Crippen LogP contribution in [0.1, 0.15) is 61.3 Å². The summed E-state index contributed by atoms with van der Waals surface area (Å²) in [7, 11) is 9.03. The second kappa shape index (κ2) is 9.84. The van der Waals surface area contributed by atoms with Crippen LogP contribution >= 0.6 is 11.1 Å². The van der Waals surface area contributed by atoms with Gasteiger partial charge in [-0.25, -0.2) is 4.99 Å². The van der Waals surface area contributed by atoms with Crippen LogP contribution in [0.4, 0.5) is 11.5 Å². The van der Waals surface area contributed by atoms with Crippen LogP contribution in [-0.2, 0) is 0 Å². The van der Waals surface area contributed by atoms with E-state index >= 15 is 0 Å². The van der Waals surface area contributed by atoms with Crippen molar-refractivity contribution in [3.63, 3.8) is 0 Å². The highest BCUT2D eigenvalue weighted by Gasteiger charge is 2.23. The molecule has 3 aromatic rings. The summed E-state index contributed by atoms with van der Waals surface area (Å²) >= 11 is -1.74. The number of benzene rings is 1. The molecule has 2 radical (unpaired) electrons. The summed E-state index contributed by atoms with van der Waals surface area (Å²) in [5, 5.41) is 13.6. The Labute approximate surface area is 197 Å². The number of rotatable bonds is 7. The molecule has 1 amide bonds. The van der Waals surface area contributed by atoms with Crippen molar-refractivity contribution >= 4 is 41.9 Å². The van der Waals surface area contributed by atoms with Gasteiger partial charge in [0.15, 0.2) is 16.9 Å². The van der Waals surface area contributed by atoms with Gasteiger partial charge in [0.25, 0.3) is 5.91 Å². The molecule has 0 aliphatic carbocycles. The zero-order chi connectivity index (χ0) is 24.4. The number of furan rings is 1. The summed E-state index contributed by atoms with van der Waals surface area (Å²) in [6.45, 7) is 8.17. The highest BCUT2D eigenvalue weighted by Crippen LogP contribution is 2.31. The van der Waals surface area contributed by atoms with E-state index in [1.54, 1.807) is 20.4 Å². The zero-order valence-electron chi connectivity index (χ0n) is 19.5. The van der Waals surface area contributed by atoms with Crippen molar-refractivity contribution in [3.05, 3.63) is 46.8 Å². The molecule has 9 nitrogen and oxygen atoms in total. The van der Waals surface area contributed by atoms with E-state index in [0.29, 0.717) is 11.7 Å². The van der Waals surface area contributed by atoms with E-state index in [-0.39, 0.29) is 45.7 Å². The van der Waals surface area contributed by atoms with Gasteiger partial charge < -0.3 is 24.3 Å². The van der Waals surface area contributed by atoms with Gasteiger partial charge in [0, 0.05) is 18.5 Å². The lowest BCUT2D eigenvalue weighted by Gasteiger charge is -2.16. The summed E-state index contributed by atoms with van der Waals surface area (Å²) < 4.78 is 24.7. The van der Waals surface area contributed by atoms with Gasteiger partial charge >= 0.3 is 0 Å². The molecule has 0 aliphatic rings. The molecule has 0 aliphatic heterocycles. The van der Waals surface area contributed by atoms with Crippen LogP contribution in [0.5, 0.6) is 5.75 Å². The fraction of sp³-hybridized carbons (Fsp3) is 0.409. The predicted octanol–water partition coefficient (Wildman–Crippen LogP) is 3.10. The molecule has 11 heteroatoms. The minimum atomic E-state index is -1.74. The quantitative estimate of drug-likeness (QED) is 0.277. The Balaban J connectivity index is 2.04. The van der Waals surface area contributed by atoms with Crippen molar-refractivity contribution in [1.82, 2.24) is 13.6 Å². The normalized spacial score (nSPS) is 13.6. The number of phenols is 1. The number of aromatic nitrogens is 2. The monoisotopic (exact) mass is 469 g/mol. The molecule has 0 saturated carbocycles. The van der Waals surface area contributed by atoms with Gasteiger partial charge in [-0.1, -0.05) is 39.2 Å². The fourth-order valence-electron chi connectivity index (χ4n) is 3.24. The first-order valence-corrected chi connectivity index (χ1v) is 11.6. The molecule has 3 rings (SSSR count). The van der Waals surface area contributed by atoms with E-state index in [1.165, 1.54) is 17.0 Å². The number of amides is 1. The molecule has 0 fully saturated rings. The van der Waals surface area contributed by atoms with E-state index in [0.717, 1.165) is 5.56 Å². The summed E-state index contributed by atoms with van der Waals surface area (Å²) in [5.41, 5.74) is 1.61. The zero-order valence-corrected chi connectivity index (χ0v) is 20.4. The second-order valence-electron chi connectivity index (χ2n) is 8.65. The minimum absolute atomic E-state index is 0.0342. The third-order valence-electron chi connectivity index (χ3n) is 5.16. The highest BCUT2D eigenvalue weighted by atomic mass is 32.2. The molecule has 1 unspecified atom stereocenters. The summed E-state index contributed by atoms with van der Waals surface area (Å²) in [6, 6.07) is 4.64. The lowest BCUT2D eigenvalue weighted by molar-refractivity contribution is 0.0826. The number of aromatic hydroxyl groups is 1. The number of hydrogen-bond acceptors (Lipinski definition) is 7. The number of hydrogen-bond donors (Lipinski definition) is 3. The van der Waals surface area contributed by atoms with Gasteiger partial charge in [0.1, 0.15) is 19.6 Å². The fourth-order valence-corrected chi connectivity index (χ4v) is 3.90. The Hall–Kier alpha value is -3.05. The number of anilines is 2. The van der Waals surface area contributed by atoms with Gasteiger partial charge in [-0.15, -0.1) is 4.37 Å². The minimum Gasteiger partial charge on any atom is -0.548 e. The molecule has 1 aromatic carbocycles. The second-order valence-corrected chi connectivity index (χ2v) is 9.53. The van der Waals surface area contributed by atoms with Crippen LogP contribution in [0.25, 0.3) is 0 Å². The Morgan fingerprint density at radius 2 is 2.03 bits per heavy atom. The summed E-state index contributed by atoms with van der Waals surface area (Å²) in [6.07, 6.45) is 1.72. The molecular weight excluding hydrogens is 441 g/mol. The van der Waals surface area contributed by atoms with Gasteiger partial charge in [0.05, 0.1) is 17.5 Å². The number of phenolic OH excluding ortho intramolecular Hbond substituents is 1. The van der Waals surface area contributed by atoms with E-state index in [2.05, 4.69) is 27.9 Å². The van der Waals surface area contributed by atoms with E-state index in [9.17, 15) is 14.5 Å². The van der Waals surface area contributed by atoms with Crippen molar-refractivity contribution in [2.24, 2.45) is 10.9 Å². The van der Waals surface area contributed by atoms with Crippen LogP contribution in [-0.4, -0.2) is 51.2 Å². The van der Waals surface area contributed by atoms with Gasteiger partial charge in [-0.05, 0) is 29.5 Å². The molecular formula is C22H28BN5O4S. The molecule has 2 atom stereocenters. The van der Waals surface area contributed by atoms with Crippen LogP contribution in [0.15, 0.2) is 33.9 Å². The highest BCUT2D eigenvalue weighted by molar-refractivity contribution is 7.13. The molecule has 0 saturated heterocycles. The topological polar surface area (TPSA) is 130 Å². The van der Waals surface area contributed by atoms with Crippen molar-refractivity contribution in [3.8, 4) is 5.75 Å². The Morgan fingerprint density at radius 3 is 2.61 bits per heavy atom. The molecule has 0 spiro atoms. The van der Waals surface area contributed by atoms with Crippen molar-refractivity contribution in [2.75, 3.05) is 19.4 Å².